The molecule has 1 heterocycles. The number of hydrogen-bond donors (Lipinski definition) is 1. The van der Waals surface area contributed by atoms with Gasteiger partial charge in [-0.05, 0) is 42.4 Å². The van der Waals surface area contributed by atoms with E-state index in [1.807, 2.05) is 7.05 Å². The van der Waals surface area contributed by atoms with Gasteiger partial charge < -0.3 is 19.7 Å². The summed E-state index contributed by atoms with van der Waals surface area (Å²) in [5.41, 5.74) is 2.13. The van der Waals surface area contributed by atoms with Crippen LogP contribution in [0.3, 0.4) is 0 Å². The molecule has 2 aromatic carbocycles. The number of amides is 1. The number of carbonyl (C=O) groups excluding carboxylic acids is 1. The number of nitrogens with zero attached hydrogens (tertiary/aromatic N) is 1. The van der Waals surface area contributed by atoms with Crippen molar-refractivity contribution in [1.29, 1.82) is 0 Å². The second-order valence-electron chi connectivity index (χ2n) is 6.39. The Balaban J connectivity index is 1.61. The monoisotopic (exact) mass is 358 g/mol. The first-order valence-corrected chi connectivity index (χ1v) is 8.59. The fraction of sp³-hybridized carbons (Fsp3) is 0.350. The van der Waals surface area contributed by atoms with Crippen molar-refractivity contribution in [3.05, 3.63) is 53.8 Å². The van der Waals surface area contributed by atoms with E-state index in [0.29, 0.717) is 18.7 Å². The molecule has 6 heteroatoms. The Kier molecular flexibility index (Phi) is 5.85. The molecule has 1 saturated heterocycles. The van der Waals surface area contributed by atoms with Crippen LogP contribution in [0.4, 0.5) is 4.39 Å². The molecule has 0 spiro atoms. The normalized spacial score (nSPS) is 17.7. The Labute approximate surface area is 152 Å². The first-order chi connectivity index (χ1) is 12.6. The maximum atomic E-state index is 13.8. The fourth-order valence-electron chi connectivity index (χ4n) is 2.96. The van der Waals surface area contributed by atoms with Crippen LogP contribution in [0.5, 0.6) is 5.75 Å². The standard InChI is InChI=1S/C20H23FN2O3/c1-23-9-10-26-17(13-23)12-22-20(24)15-5-3-14(4-6-15)16-7-8-19(25-2)18(21)11-16/h3-8,11,17H,9-10,12-13H2,1-2H3,(H,22,24). The van der Waals surface area contributed by atoms with E-state index >= 15 is 0 Å². The average molecular weight is 358 g/mol. The zero-order valence-electron chi connectivity index (χ0n) is 15.0. The predicted octanol–water partition coefficient (Wildman–Crippen LogP) is 2.56. The molecule has 0 bridgehead atoms. The highest BCUT2D eigenvalue weighted by molar-refractivity contribution is 5.94. The van der Waals surface area contributed by atoms with Gasteiger partial charge in [0.1, 0.15) is 0 Å². The number of likely N-dealkylation sites (N-methyl/N-ethyl adjacent to an activating group) is 1. The van der Waals surface area contributed by atoms with Gasteiger partial charge >= 0.3 is 0 Å². The van der Waals surface area contributed by atoms with Gasteiger partial charge in [-0.3, -0.25) is 4.79 Å². The van der Waals surface area contributed by atoms with Gasteiger partial charge in [0.05, 0.1) is 19.8 Å². The molecule has 5 nitrogen and oxygen atoms in total. The summed E-state index contributed by atoms with van der Waals surface area (Å²) in [4.78, 5) is 14.5. The number of carbonyl (C=O) groups is 1. The maximum absolute atomic E-state index is 13.8. The Morgan fingerprint density at radius 1 is 1.27 bits per heavy atom. The van der Waals surface area contributed by atoms with E-state index in [-0.39, 0.29) is 17.8 Å². The summed E-state index contributed by atoms with van der Waals surface area (Å²) in [6, 6.07) is 11.9. The van der Waals surface area contributed by atoms with Crippen molar-refractivity contribution in [1.82, 2.24) is 10.2 Å². The number of rotatable bonds is 5. The quantitative estimate of drug-likeness (QED) is 0.893. The largest absolute Gasteiger partial charge is 0.494 e. The van der Waals surface area contributed by atoms with Crippen LogP contribution in [0.25, 0.3) is 11.1 Å². The molecule has 1 aliphatic rings. The molecule has 1 unspecified atom stereocenters. The van der Waals surface area contributed by atoms with Crippen LogP contribution >= 0.6 is 0 Å². The molecule has 0 aromatic heterocycles. The summed E-state index contributed by atoms with van der Waals surface area (Å²) >= 11 is 0. The number of morpholine rings is 1. The molecule has 3 rings (SSSR count). The van der Waals surface area contributed by atoms with E-state index < -0.39 is 5.82 Å². The third-order valence-electron chi connectivity index (χ3n) is 4.46. The second kappa shape index (κ2) is 8.29. The van der Waals surface area contributed by atoms with E-state index in [1.165, 1.54) is 13.2 Å². The predicted molar refractivity (Wildman–Crippen MR) is 98.0 cm³/mol. The zero-order valence-corrected chi connectivity index (χ0v) is 15.0. The van der Waals surface area contributed by atoms with E-state index in [1.54, 1.807) is 36.4 Å². The van der Waals surface area contributed by atoms with Gasteiger partial charge in [-0.1, -0.05) is 18.2 Å². The maximum Gasteiger partial charge on any atom is 0.251 e. The minimum absolute atomic E-state index is 0.0132. The molecular formula is C20H23FN2O3. The van der Waals surface area contributed by atoms with Crippen LogP contribution < -0.4 is 10.1 Å². The average Bonchev–Trinajstić information content (AvgIpc) is 2.66. The molecule has 0 saturated carbocycles. The summed E-state index contributed by atoms with van der Waals surface area (Å²) in [7, 11) is 3.47. The van der Waals surface area contributed by atoms with E-state index in [0.717, 1.165) is 24.2 Å². The SMILES string of the molecule is COc1ccc(-c2ccc(C(=O)NCC3CN(C)CCO3)cc2)cc1F. The van der Waals surface area contributed by atoms with Crippen molar-refractivity contribution in [2.75, 3.05) is 40.4 Å². The van der Waals surface area contributed by atoms with Crippen LogP contribution in [-0.2, 0) is 4.74 Å². The van der Waals surface area contributed by atoms with Crippen LogP contribution in [0, 0.1) is 5.82 Å². The number of methoxy groups -OCH3 is 1. The molecule has 138 valence electrons. The lowest BCUT2D eigenvalue weighted by molar-refractivity contribution is -0.0175. The number of ether oxygens (including phenoxy) is 2. The Hall–Kier alpha value is -2.44. The van der Waals surface area contributed by atoms with Crippen molar-refractivity contribution < 1.29 is 18.7 Å². The number of halogens is 1. The van der Waals surface area contributed by atoms with Crippen LogP contribution in [0.2, 0.25) is 0 Å². The highest BCUT2D eigenvalue weighted by Gasteiger charge is 2.18. The molecule has 26 heavy (non-hydrogen) atoms. The Bertz CT molecular complexity index is 764. The second-order valence-corrected chi connectivity index (χ2v) is 6.39. The third kappa shape index (κ3) is 4.39. The van der Waals surface area contributed by atoms with Crippen LogP contribution in [0.15, 0.2) is 42.5 Å². The van der Waals surface area contributed by atoms with Crippen molar-refractivity contribution in [2.24, 2.45) is 0 Å². The summed E-state index contributed by atoms with van der Waals surface area (Å²) in [5.74, 6) is -0.348. The van der Waals surface area contributed by atoms with Crippen molar-refractivity contribution in [3.8, 4) is 16.9 Å². The van der Waals surface area contributed by atoms with Gasteiger partial charge in [-0.25, -0.2) is 4.39 Å². The lowest BCUT2D eigenvalue weighted by Gasteiger charge is -2.30. The third-order valence-corrected chi connectivity index (χ3v) is 4.46. The van der Waals surface area contributed by atoms with Crippen LogP contribution in [0.1, 0.15) is 10.4 Å². The Morgan fingerprint density at radius 2 is 2.00 bits per heavy atom. The summed E-state index contributed by atoms with van der Waals surface area (Å²) in [5, 5.41) is 2.91. The summed E-state index contributed by atoms with van der Waals surface area (Å²) in [6.45, 7) is 2.89. The van der Waals surface area contributed by atoms with Crippen molar-refractivity contribution in [3.63, 3.8) is 0 Å². The molecular weight excluding hydrogens is 335 g/mol. The molecule has 1 N–H and O–H groups in total. The molecule has 1 aliphatic heterocycles. The lowest BCUT2D eigenvalue weighted by atomic mass is 10.0. The number of hydrogen-bond acceptors (Lipinski definition) is 4. The van der Waals surface area contributed by atoms with E-state index in [4.69, 9.17) is 9.47 Å². The molecule has 1 fully saturated rings. The molecule has 1 amide bonds. The van der Waals surface area contributed by atoms with Crippen molar-refractivity contribution >= 4 is 5.91 Å². The first-order valence-electron chi connectivity index (χ1n) is 8.59. The van der Waals surface area contributed by atoms with E-state index in [9.17, 15) is 9.18 Å². The fourth-order valence-corrected chi connectivity index (χ4v) is 2.96. The number of nitrogens with one attached hydrogen (secondary N) is 1. The smallest absolute Gasteiger partial charge is 0.251 e. The summed E-state index contributed by atoms with van der Waals surface area (Å²) < 4.78 is 24.4. The van der Waals surface area contributed by atoms with Gasteiger partial charge in [0.25, 0.3) is 5.91 Å². The van der Waals surface area contributed by atoms with Gasteiger partial charge in [-0.2, -0.15) is 0 Å². The van der Waals surface area contributed by atoms with Gasteiger partial charge in [-0.15, -0.1) is 0 Å². The summed E-state index contributed by atoms with van der Waals surface area (Å²) in [6.07, 6.45) is 0.0132. The van der Waals surface area contributed by atoms with Crippen molar-refractivity contribution in [2.45, 2.75) is 6.10 Å². The Morgan fingerprint density at radius 3 is 2.65 bits per heavy atom. The minimum Gasteiger partial charge on any atom is -0.494 e. The van der Waals surface area contributed by atoms with Crippen LogP contribution in [-0.4, -0.2) is 57.3 Å². The molecule has 1 atom stereocenters. The first kappa shape index (κ1) is 18.4. The lowest BCUT2D eigenvalue weighted by Crippen LogP contribution is -2.45. The van der Waals surface area contributed by atoms with Gasteiger partial charge in [0, 0.05) is 25.2 Å². The molecule has 2 aromatic rings. The minimum atomic E-state index is -0.413. The topological polar surface area (TPSA) is 50.8 Å². The highest BCUT2D eigenvalue weighted by Crippen LogP contribution is 2.25. The number of benzene rings is 2. The molecule has 0 radical (unpaired) electrons. The van der Waals surface area contributed by atoms with Gasteiger partial charge in [0.2, 0.25) is 0 Å². The zero-order chi connectivity index (χ0) is 18.5. The molecule has 0 aliphatic carbocycles. The van der Waals surface area contributed by atoms with Gasteiger partial charge in [0.15, 0.2) is 11.6 Å². The highest BCUT2D eigenvalue weighted by atomic mass is 19.1. The van der Waals surface area contributed by atoms with E-state index in [2.05, 4.69) is 10.2 Å².